The van der Waals surface area contributed by atoms with Crippen molar-refractivity contribution in [1.82, 2.24) is 5.32 Å². The van der Waals surface area contributed by atoms with Gasteiger partial charge < -0.3 is 19.6 Å². The van der Waals surface area contributed by atoms with Crippen LogP contribution in [0.2, 0.25) is 0 Å². The Kier molecular flexibility index (Phi) is 5.51. The van der Waals surface area contributed by atoms with E-state index < -0.39 is 17.5 Å². The van der Waals surface area contributed by atoms with Gasteiger partial charge in [-0.15, -0.1) is 0 Å². The van der Waals surface area contributed by atoms with Gasteiger partial charge in [0.1, 0.15) is 23.5 Å². The summed E-state index contributed by atoms with van der Waals surface area (Å²) in [7, 11) is 0. The van der Waals surface area contributed by atoms with Crippen molar-refractivity contribution < 1.29 is 23.8 Å². The highest BCUT2D eigenvalue weighted by Gasteiger charge is 2.14. The summed E-state index contributed by atoms with van der Waals surface area (Å²) in [5.74, 6) is -1.15. The van der Waals surface area contributed by atoms with Gasteiger partial charge in [0.15, 0.2) is 0 Å². The van der Waals surface area contributed by atoms with Crippen molar-refractivity contribution in [3.8, 4) is 5.75 Å². The molecule has 138 valence electrons. The molecule has 0 spiro atoms. The highest BCUT2D eigenvalue weighted by molar-refractivity contribution is 5.96. The number of aromatic hydroxyl groups is 1. The van der Waals surface area contributed by atoms with Gasteiger partial charge in [-0.25, -0.2) is 4.79 Å². The van der Waals surface area contributed by atoms with Crippen molar-refractivity contribution in [2.24, 2.45) is 0 Å². The number of fused-ring (bicyclic) bond motifs is 1. The number of benzene rings is 2. The van der Waals surface area contributed by atoms with Gasteiger partial charge in [0.2, 0.25) is 0 Å². The molecule has 0 aliphatic carbocycles. The molecule has 0 bridgehead atoms. The van der Waals surface area contributed by atoms with Gasteiger partial charge in [0.25, 0.3) is 5.91 Å². The van der Waals surface area contributed by atoms with Crippen LogP contribution < -0.4 is 10.9 Å². The van der Waals surface area contributed by atoms with Gasteiger partial charge in [0, 0.05) is 18.0 Å². The Labute approximate surface area is 154 Å². The Morgan fingerprint density at radius 3 is 2.63 bits per heavy atom. The average Bonchev–Trinajstić information content (AvgIpc) is 2.66. The van der Waals surface area contributed by atoms with Gasteiger partial charge in [-0.05, 0) is 23.8 Å². The molecule has 2 aromatic carbocycles. The Morgan fingerprint density at radius 2 is 1.85 bits per heavy atom. The van der Waals surface area contributed by atoms with Crippen molar-refractivity contribution in [3.05, 3.63) is 76.1 Å². The van der Waals surface area contributed by atoms with E-state index in [1.165, 1.54) is 24.3 Å². The van der Waals surface area contributed by atoms with Crippen LogP contribution in [-0.2, 0) is 16.1 Å². The summed E-state index contributed by atoms with van der Waals surface area (Å²) < 4.78 is 10.2. The zero-order valence-corrected chi connectivity index (χ0v) is 14.3. The Bertz CT molecular complexity index is 1030. The highest BCUT2D eigenvalue weighted by Crippen LogP contribution is 2.19. The minimum absolute atomic E-state index is 0.0225. The number of nitrogens with one attached hydrogen (secondary N) is 1. The largest absolute Gasteiger partial charge is 0.508 e. The van der Waals surface area contributed by atoms with Crippen LogP contribution in [0.25, 0.3) is 11.0 Å². The number of ether oxygens (including phenoxy) is 1. The molecule has 0 fully saturated rings. The number of hydrogen-bond acceptors (Lipinski definition) is 6. The van der Waals surface area contributed by atoms with Crippen LogP contribution in [0.5, 0.6) is 5.75 Å². The number of esters is 1. The number of hydrogen-bond donors (Lipinski definition) is 2. The third-order valence-corrected chi connectivity index (χ3v) is 3.82. The topological polar surface area (TPSA) is 106 Å². The van der Waals surface area contributed by atoms with Crippen LogP contribution in [0.15, 0.2) is 63.8 Å². The van der Waals surface area contributed by atoms with Crippen LogP contribution in [-0.4, -0.2) is 23.5 Å². The molecule has 3 aromatic rings. The minimum atomic E-state index is -0.822. The number of phenols is 1. The Hall–Kier alpha value is -3.61. The number of phenolic OH excluding ortho intramolecular Hbond substituents is 1. The Morgan fingerprint density at radius 1 is 1.07 bits per heavy atom. The summed E-state index contributed by atoms with van der Waals surface area (Å²) in [6.07, 6.45) is -0.0225. The van der Waals surface area contributed by atoms with Crippen molar-refractivity contribution in [1.29, 1.82) is 0 Å². The van der Waals surface area contributed by atoms with E-state index in [4.69, 9.17) is 9.15 Å². The van der Waals surface area contributed by atoms with Crippen molar-refractivity contribution in [2.75, 3.05) is 6.54 Å². The summed E-state index contributed by atoms with van der Waals surface area (Å²) in [4.78, 5) is 35.8. The highest BCUT2D eigenvalue weighted by atomic mass is 16.5. The molecule has 1 aromatic heterocycles. The first kappa shape index (κ1) is 18.2. The molecule has 1 heterocycles. The van der Waals surface area contributed by atoms with E-state index >= 15 is 0 Å². The fourth-order valence-electron chi connectivity index (χ4n) is 2.44. The van der Waals surface area contributed by atoms with Crippen LogP contribution >= 0.6 is 0 Å². The molecule has 7 heteroatoms. The standard InChI is InChI=1S/C20H17NO6/c22-15-7-6-14-10-16(20(25)27-17(14)11-15)19(24)21-9-8-18(23)26-12-13-4-2-1-3-5-13/h1-7,10-11,22H,8-9,12H2,(H,21,24). The lowest BCUT2D eigenvalue weighted by Gasteiger charge is -2.07. The van der Waals surface area contributed by atoms with Crippen LogP contribution in [0.1, 0.15) is 22.3 Å². The predicted octanol–water partition coefficient (Wildman–Crippen LogP) is 2.36. The van der Waals surface area contributed by atoms with Gasteiger partial charge in [-0.3, -0.25) is 9.59 Å². The van der Waals surface area contributed by atoms with E-state index in [1.807, 2.05) is 30.3 Å². The van der Waals surface area contributed by atoms with Gasteiger partial charge in [-0.1, -0.05) is 30.3 Å². The quantitative estimate of drug-likeness (QED) is 0.512. The molecule has 0 unspecified atom stereocenters. The summed E-state index contributed by atoms with van der Waals surface area (Å²) in [6, 6.07) is 14.9. The molecule has 0 aliphatic heterocycles. The first-order valence-electron chi connectivity index (χ1n) is 8.27. The number of carbonyl (C=O) groups excluding carboxylic acids is 2. The fourth-order valence-corrected chi connectivity index (χ4v) is 2.44. The SMILES string of the molecule is O=C(CCNC(=O)c1cc2ccc(O)cc2oc1=O)OCc1ccccc1. The number of rotatable bonds is 6. The van der Waals surface area contributed by atoms with Crippen LogP contribution in [0.4, 0.5) is 0 Å². The average molecular weight is 367 g/mol. The van der Waals surface area contributed by atoms with E-state index in [2.05, 4.69) is 5.32 Å². The lowest BCUT2D eigenvalue weighted by atomic mass is 10.1. The molecule has 27 heavy (non-hydrogen) atoms. The van der Waals surface area contributed by atoms with Gasteiger partial charge >= 0.3 is 11.6 Å². The number of amides is 1. The van der Waals surface area contributed by atoms with Gasteiger partial charge in [0.05, 0.1) is 6.42 Å². The monoisotopic (exact) mass is 367 g/mol. The molecule has 3 rings (SSSR count). The zero-order valence-electron chi connectivity index (χ0n) is 14.3. The van der Waals surface area contributed by atoms with Crippen molar-refractivity contribution >= 4 is 22.8 Å². The number of carbonyl (C=O) groups is 2. The molecular formula is C20H17NO6. The molecule has 0 radical (unpaired) electrons. The normalized spacial score (nSPS) is 10.5. The van der Waals surface area contributed by atoms with E-state index in [-0.39, 0.29) is 36.5 Å². The van der Waals surface area contributed by atoms with E-state index in [1.54, 1.807) is 0 Å². The maximum absolute atomic E-state index is 12.2. The van der Waals surface area contributed by atoms with E-state index in [9.17, 15) is 19.5 Å². The second kappa shape index (κ2) is 8.18. The molecule has 0 saturated carbocycles. The maximum Gasteiger partial charge on any atom is 0.349 e. The predicted molar refractivity (Wildman–Crippen MR) is 97.3 cm³/mol. The van der Waals surface area contributed by atoms with E-state index in [0.717, 1.165) is 5.56 Å². The summed E-state index contributed by atoms with van der Waals surface area (Å²) >= 11 is 0. The summed E-state index contributed by atoms with van der Waals surface area (Å²) in [6.45, 7) is 0.189. The smallest absolute Gasteiger partial charge is 0.349 e. The molecule has 0 aliphatic rings. The Balaban J connectivity index is 1.54. The summed E-state index contributed by atoms with van der Waals surface area (Å²) in [5, 5.41) is 12.4. The lowest BCUT2D eigenvalue weighted by molar-refractivity contribution is -0.144. The third-order valence-electron chi connectivity index (χ3n) is 3.82. The fraction of sp³-hybridized carbons (Fsp3) is 0.150. The van der Waals surface area contributed by atoms with E-state index in [0.29, 0.717) is 5.39 Å². The van der Waals surface area contributed by atoms with Crippen molar-refractivity contribution in [3.63, 3.8) is 0 Å². The molecular weight excluding hydrogens is 350 g/mol. The van der Waals surface area contributed by atoms with Crippen LogP contribution in [0, 0.1) is 0 Å². The molecule has 0 saturated heterocycles. The maximum atomic E-state index is 12.2. The second-order valence-electron chi connectivity index (χ2n) is 5.82. The zero-order chi connectivity index (χ0) is 19.2. The lowest BCUT2D eigenvalue weighted by Crippen LogP contribution is -2.30. The van der Waals surface area contributed by atoms with Crippen LogP contribution in [0.3, 0.4) is 0 Å². The second-order valence-corrected chi connectivity index (χ2v) is 5.82. The molecule has 2 N–H and O–H groups in total. The summed E-state index contributed by atoms with van der Waals surface area (Å²) in [5.41, 5.74) is 0.0545. The first-order valence-corrected chi connectivity index (χ1v) is 8.27. The first-order chi connectivity index (χ1) is 13.0. The van der Waals surface area contributed by atoms with Gasteiger partial charge in [-0.2, -0.15) is 0 Å². The molecule has 1 amide bonds. The molecule has 0 atom stereocenters. The minimum Gasteiger partial charge on any atom is -0.508 e. The third kappa shape index (κ3) is 4.72. The van der Waals surface area contributed by atoms with Crippen molar-refractivity contribution in [2.45, 2.75) is 13.0 Å². The molecule has 7 nitrogen and oxygen atoms in total.